The van der Waals surface area contributed by atoms with Crippen LogP contribution in [0.4, 0.5) is 10.2 Å². The lowest BCUT2D eigenvalue weighted by atomic mass is 10.0. The van der Waals surface area contributed by atoms with Crippen LogP contribution in [0.2, 0.25) is 0 Å². The van der Waals surface area contributed by atoms with E-state index in [0.717, 1.165) is 0 Å². The highest BCUT2D eigenvalue weighted by molar-refractivity contribution is 7.92. The van der Waals surface area contributed by atoms with Crippen molar-refractivity contribution in [3.05, 3.63) is 47.3 Å². The summed E-state index contributed by atoms with van der Waals surface area (Å²) in [5.74, 6) is -0.115. The fourth-order valence-corrected chi connectivity index (χ4v) is 4.51. The minimum Gasteiger partial charge on any atom is -0.437 e. The van der Waals surface area contributed by atoms with Gasteiger partial charge in [-0.25, -0.2) is 12.8 Å². The van der Waals surface area contributed by atoms with Crippen LogP contribution in [0.25, 0.3) is 22.4 Å². The number of halogens is 2. The Kier molecular flexibility index (Phi) is 7.17. The van der Waals surface area contributed by atoms with Gasteiger partial charge < -0.3 is 9.73 Å². The van der Waals surface area contributed by atoms with Gasteiger partial charge >= 0.3 is 0 Å². The molecule has 1 aromatic carbocycles. The third-order valence-electron chi connectivity index (χ3n) is 4.75. The molecule has 7 nitrogen and oxygen atoms in total. The van der Waals surface area contributed by atoms with E-state index in [1.165, 1.54) is 31.3 Å². The summed E-state index contributed by atoms with van der Waals surface area (Å²) in [6.07, 6.45) is 1.50. The van der Waals surface area contributed by atoms with Crippen molar-refractivity contribution < 1.29 is 22.0 Å². The molecule has 0 spiro atoms. The summed E-state index contributed by atoms with van der Waals surface area (Å²) >= 11 is 5.62. The van der Waals surface area contributed by atoms with Crippen LogP contribution >= 0.6 is 11.6 Å². The molecule has 166 valence electrons. The third kappa shape index (κ3) is 5.16. The summed E-state index contributed by atoms with van der Waals surface area (Å²) in [7, 11) is -2.13. The monoisotopic (exact) mass is 467 g/mol. The number of aromatic nitrogens is 1. The van der Waals surface area contributed by atoms with Crippen molar-refractivity contribution in [3.63, 3.8) is 0 Å². The number of furan rings is 1. The van der Waals surface area contributed by atoms with Crippen molar-refractivity contribution >= 4 is 44.4 Å². The second-order valence-corrected chi connectivity index (χ2v) is 9.13. The predicted molar refractivity (Wildman–Crippen MR) is 120 cm³/mol. The number of pyridine rings is 1. The second-order valence-electron chi connectivity index (χ2n) is 6.91. The van der Waals surface area contributed by atoms with Gasteiger partial charge in [0.2, 0.25) is 15.7 Å². The van der Waals surface area contributed by atoms with Gasteiger partial charge in [0.1, 0.15) is 17.4 Å². The molecule has 0 bridgehead atoms. The number of nitrogens with one attached hydrogen (secondary N) is 2. The number of aryl methyl sites for hydroxylation is 1. The third-order valence-corrected chi connectivity index (χ3v) is 6.35. The van der Waals surface area contributed by atoms with Crippen LogP contribution in [-0.2, 0) is 16.4 Å². The molecule has 0 aliphatic heterocycles. The Morgan fingerprint density at radius 1 is 1.23 bits per heavy atom. The first kappa shape index (κ1) is 23.0. The van der Waals surface area contributed by atoms with Gasteiger partial charge in [-0.2, -0.15) is 4.98 Å². The number of nitrogens with zero attached hydrogens (tertiary/aromatic N) is 1. The average molecular weight is 468 g/mol. The highest BCUT2D eigenvalue weighted by Gasteiger charge is 2.24. The smallest absolute Gasteiger partial charge is 0.255 e. The minimum absolute atomic E-state index is 0.0783. The van der Waals surface area contributed by atoms with E-state index in [-0.39, 0.29) is 28.6 Å². The summed E-state index contributed by atoms with van der Waals surface area (Å²) in [5.41, 5.74) is 1.47. The van der Waals surface area contributed by atoms with Crippen molar-refractivity contribution in [2.24, 2.45) is 0 Å². The molecule has 0 saturated carbocycles. The van der Waals surface area contributed by atoms with E-state index < -0.39 is 21.7 Å². The molecule has 1 amide bonds. The molecular weight excluding hydrogens is 445 g/mol. The van der Waals surface area contributed by atoms with Gasteiger partial charge in [0.25, 0.3) is 5.91 Å². The molecule has 3 rings (SSSR count). The molecule has 3 aromatic rings. The molecule has 0 fully saturated rings. The number of unbranched alkanes of at least 4 members (excludes halogenated alkanes) is 1. The van der Waals surface area contributed by atoms with E-state index in [1.807, 2.05) is 6.92 Å². The maximum atomic E-state index is 13.4. The lowest BCUT2D eigenvalue weighted by molar-refractivity contribution is 0.0964. The lowest BCUT2D eigenvalue weighted by Crippen LogP contribution is -2.19. The quantitative estimate of drug-likeness (QED) is 0.360. The number of hydrogen-bond acceptors (Lipinski definition) is 5. The molecule has 0 atom stereocenters. The van der Waals surface area contributed by atoms with Gasteiger partial charge in [-0.3, -0.25) is 9.52 Å². The summed E-state index contributed by atoms with van der Waals surface area (Å²) in [6.45, 7) is 1.86. The molecular formula is C21H23ClFN3O4S. The number of benzene rings is 1. The van der Waals surface area contributed by atoms with E-state index >= 15 is 0 Å². The molecule has 0 aliphatic rings. The largest absolute Gasteiger partial charge is 0.437 e. The first-order valence-corrected chi connectivity index (χ1v) is 12.0. The number of rotatable bonds is 9. The van der Waals surface area contributed by atoms with E-state index in [9.17, 15) is 17.6 Å². The SMILES string of the molecule is CCc1cc2c(C(=O)NC)c(-c3ccc(F)cc3)oc2nc1NS(=O)(=O)CCCCCl. The van der Waals surface area contributed by atoms with Crippen LogP contribution in [0.5, 0.6) is 0 Å². The van der Waals surface area contributed by atoms with Crippen molar-refractivity contribution in [3.8, 4) is 11.3 Å². The Morgan fingerprint density at radius 3 is 2.55 bits per heavy atom. The first-order valence-electron chi connectivity index (χ1n) is 9.80. The molecule has 0 unspecified atom stereocenters. The maximum absolute atomic E-state index is 13.4. The number of amides is 1. The van der Waals surface area contributed by atoms with Gasteiger partial charge in [-0.05, 0) is 55.2 Å². The molecule has 10 heteroatoms. The van der Waals surface area contributed by atoms with E-state index in [4.69, 9.17) is 16.0 Å². The number of carbonyl (C=O) groups is 1. The zero-order valence-corrected chi connectivity index (χ0v) is 18.7. The summed E-state index contributed by atoms with van der Waals surface area (Å²) < 4.78 is 46.6. The number of anilines is 1. The lowest BCUT2D eigenvalue weighted by Gasteiger charge is -2.10. The maximum Gasteiger partial charge on any atom is 0.255 e. The molecule has 0 aliphatic carbocycles. The molecule has 31 heavy (non-hydrogen) atoms. The van der Waals surface area contributed by atoms with Crippen LogP contribution < -0.4 is 10.0 Å². The number of sulfonamides is 1. The topological polar surface area (TPSA) is 101 Å². The molecule has 2 aromatic heterocycles. The normalized spacial score (nSPS) is 11.6. The van der Waals surface area contributed by atoms with Gasteiger partial charge in [-0.15, -0.1) is 11.6 Å². The average Bonchev–Trinajstić information content (AvgIpc) is 3.11. The van der Waals surface area contributed by atoms with Gasteiger partial charge in [0.15, 0.2) is 0 Å². The Labute approximate surface area is 185 Å². The fraction of sp³-hybridized carbons (Fsp3) is 0.333. The number of alkyl halides is 1. The zero-order chi connectivity index (χ0) is 22.6. The highest BCUT2D eigenvalue weighted by Crippen LogP contribution is 2.35. The van der Waals surface area contributed by atoms with E-state index in [1.54, 1.807) is 6.07 Å². The Bertz CT molecular complexity index is 1190. The van der Waals surface area contributed by atoms with Gasteiger partial charge in [-0.1, -0.05) is 6.92 Å². The predicted octanol–water partition coefficient (Wildman–Crippen LogP) is 4.32. The zero-order valence-electron chi connectivity index (χ0n) is 17.2. The van der Waals surface area contributed by atoms with Gasteiger partial charge in [0, 0.05) is 18.5 Å². The van der Waals surface area contributed by atoms with Crippen molar-refractivity contribution in [2.45, 2.75) is 26.2 Å². The van der Waals surface area contributed by atoms with Crippen molar-refractivity contribution in [2.75, 3.05) is 23.4 Å². The highest BCUT2D eigenvalue weighted by atomic mass is 35.5. The number of hydrogen-bond donors (Lipinski definition) is 2. The summed E-state index contributed by atoms with van der Waals surface area (Å²) in [4.78, 5) is 17.0. The van der Waals surface area contributed by atoms with Crippen LogP contribution in [0, 0.1) is 5.82 Å². The van der Waals surface area contributed by atoms with Crippen LogP contribution in [0.15, 0.2) is 34.7 Å². The molecule has 2 heterocycles. The fourth-order valence-electron chi connectivity index (χ4n) is 3.16. The standard InChI is InChI=1S/C21H23ClFN3O4S/c1-3-13-12-16-17(20(27)24-2)18(14-6-8-15(23)9-7-14)30-21(16)25-19(13)26-31(28,29)11-5-4-10-22/h6-9,12H,3-5,10-11H2,1-2H3,(H,24,27)(H,25,26). The molecule has 0 radical (unpaired) electrons. The second kappa shape index (κ2) is 9.65. The van der Waals surface area contributed by atoms with Crippen molar-refractivity contribution in [1.29, 1.82) is 0 Å². The molecule has 0 saturated heterocycles. The van der Waals surface area contributed by atoms with Crippen LogP contribution in [0.1, 0.15) is 35.7 Å². The first-order chi connectivity index (χ1) is 14.8. The van der Waals surface area contributed by atoms with Crippen molar-refractivity contribution in [1.82, 2.24) is 10.3 Å². The Hall–Kier alpha value is -2.65. The minimum atomic E-state index is -3.62. The summed E-state index contributed by atoms with van der Waals surface area (Å²) in [6, 6.07) is 7.23. The Morgan fingerprint density at radius 2 is 1.94 bits per heavy atom. The van der Waals surface area contributed by atoms with Crippen LogP contribution in [-0.4, -0.2) is 38.0 Å². The van der Waals surface area contributed by atoms with E-state index in [0.29, 0.717) is 41.7 Å². The van der Waals surface area contributed by atoms with Crippen LogP contribution in [0.3, 0.4) is 0 Å². The van der Waals surface area contributed by atoms with E-state index in [2.05, 4.69) is 15.0 Å². The number of carbonyl (C=O) groups excluding carboxylic acids is 1. The number of fused-ring (bicyclic) bond motifs is 1. The Balaban J connectivity index is 2.12. The van der Waals surface area contributed by atoms with Gasteiger partial charge in [0.05, 0.1) is 16.7 Å². The summed E-state index contributed by atoms with van der Waals surface area (Å²) in [5, 5.41) is 3.02. The molecule has 2 N–H and O–H groups in total.